The number of nitrogens with one attached hydrogen (secondary N) is 1. The van der Waals surface area contributed by atoms with Crippen molar-refractivity contribution in [3.05, 3.63) is 36.5 Å². The zero-order valence-corrected chi connectivity index (χ0v) is 12.1. The highest BCUT2D eigenvalue weighted by Crippen LogP contribution is 2.10. The molecule has 0 heterocycles. The molecule has 0 saturated heterocycles. The molecular formula is C15H25NO2. The lowest BCUT2D eigenvalue weighted by Crippen LogP contribution is -2.42. The molecule has 1 unspecified atom stereocenters. The summed E-state index contributed by atoms with van der Waals surface area (Å²) in [6.45, 7) is 13.3. The first-order valence-electron chi connectivity index (χ1n) is 6.28. The maximum absolute atomic E-state index is 11.6. The average molecular weight is 251 g/mol. The highest BCUT2D eigenvalue weighted by Gasteiger charge is 2.17. The zero-order chi connectivity index (χ0) is 14.2. The van der Waals surface area contributed by atoms with Gasteiger partial charge in [-0.3, -0.25) is 0 Å². The third-order valence-electron chi connectivity index (χ3n) is 2.09. The molecule has 0 radical (unpaired) electrons. The van der Waals surface area contributed by atoms with Crippen molar-refractivity contribution in [1.29, 1.82) is 0 Å². The van der Waals surface area contributed by atoms with Gasteiger partial charge in [-0.15, -0.1) is 0 Å². The maximum Gasteiger partial charge on any atom is 0.408 e. The second kappa shape index (κ2) is 7.75. The van der Waals surface area contributed by atoms with Gasteiger partial charge in [-0.25, -0.2) is 4.79 Å². The second-order valence-corrected chi connectivity index (χ2v) is 5.14. The number of allylic oxidation sites excluding steroid dienone is 3. The van der Waals surface area contributed by atoms with Gasteiger partial charge in [-0.05, 0) is 39.7 Å². The van der Waals surface area contributed by atoms with E-state index in [-0.39, 0.29) is 11.6 Å². The third-order valence-corrected chi connectivity index (χ3v) is 2.09. The first kappa shape index (κ1) is 16.5. The summed E-state index contributed by atoms with van der Waals surface area (Å²) < 4.78 is 5.32. The van der Waals surface area contributed by atoms with Crippen LogP contribution in [0.5, 0.6) is 0 Å². The first-order valence-corrected chi connectivity index (χ1v) is 6.28. The fraction of sp³-hybridized carbons (Fsp3) is 0.533. The number of carbonyl (C=O) groups is 1. The molecule has 0 aromatic carbocycles. The van der Waals surface area contributed by atoms with E-state index in [1.165, 1.54) is 0 Å². The van der Waals surface area contributed by atoms with Crippen LogP contribution in [0.25, 0.3) is 0 Å². The largest absolute Gasteiger partial charge is 0.442 e. The predicted octanol–water partition coefficient (Wildman–Crippen LogP) is 3.98. The minimum Gasteiger partial charge on any atom is -0.442 e. The molecule has 0 aromatic heterocycles. The van der Waals surface area contributed by atoms with E-state index in [1.807, 2.05) is 45.9 Å². The molecule has 3 nitrogen and oxygen atoms in total. The SMILES string of the molecule is C=C/C=C(\C=C/CC)C(C)OC(=O)NC(C)(C)C. The molecule has 1 amide bonds. The maximum atomic E-state index is 11.6. The van der Waals surface area contributed by atoms with Crippen molar-refractivity contribution in [1.82, 2.24) is 5.32 Å². The lowest BCUT2D eigenvalue weighted by molar-refractivity contribution is 0.116. The van der Waals surface area contributed by atoms with E-state index in [0.29, 0.717) is 0 Å². The summed E-state index contributed by atoms with van der Waals surface area (Å²) >= 11 is 0. The van der Waals surface area contributed by atoms with E-state index >= 15 is 0 Å². The second-order valence-electron chi connectivity index (χ2n) is 5.14. The number of alkyl carbamates (subject to hydrolysis) is 1. The van der Waals surface area contributed by atoms with Crippen molar-refractivity contribution < 1.29 is 9.53 Å². The van der Waals surface area contributed by atoms with E-state index in [0.717, 1.165) is 12.0 Å². The molecule has 0 fully saturated rings. The van der Waals surface area contributed by atoms with Gasteiger partial charge in [-0.1, -0.05) is 37.8 Å². The number of amides is 1. The number of rotatable bonds is 5. The standard InChI is InChI=1S/C15H25NO2/c1-7-9-11-13(10-8-2)12(3)18-14(17)16-15(4,5)6/h8-12H,2,7H2,1,3-6H3,(H,16,17)/b11-9-,13-10+. The number of carbonyl (C=O) groups excluding carboxylic acids is 1. The Bertz CT molecular complexity index is 335. The fourth-order valence-corrected chi connectivity index (χ4v) is 1.28. The van der Waals surface area contributed by atoms with Gasteiger partial charge in [-0.2, -0.15) is 0 Å². The van der Waals surface area contributed by atoms with E-state index in [1.54, 1.807) is 6.08 Å². The minimum absolute atomic E-state index is 0.293. The zero-order valence-electron chi connectivity index (χ0n) is 12.1. The van der Waals surface area contributed by atoms with Crippen LogP contribution in [0.4, 0.5) is 4.79 Å². The Morgan fingerprint density at radius 3 is 2.50 bits per heavy atom. The van der Waals surface area contributed by atoms with Crippen LogP contribution >= 0.6 is 0 Å². The lowest BCUT2D eigenvalue weighted by Gasteiger charge is -2.22. The summed E-state index contributed by atoms with van der Waals surface area (Å²) in [4.78, 5) is 11.6. The van der Waals surface area contributed by atoms with Gasteiger partial charge in [0.05, 0.1) is 0 Å². The van der Waals surface area contributed by atoms with E-state index in [9.17, 15) is 4.79 Å². The molecule has 3 heteroatoms. The number of hydrogen-bond acceptors (Lipinski definition) is 2. The quantitative estimate of drug-likeness (QED) is 0.751. The van der Waals surface area contributed by atoms with Crippen LogP contribution in [0.1, 0.15) is 41.0 Å². The molecule has 0 aliphatic rings. The Hall–Kier alpha value is -1.51. The van der Waals surface area contributed by atoms with Crippen LogP contribution in [-0.4, -0.2) is 17.7 Å². The van der Waals surface area contributed by atoms with Gasteiger partial charge < -0.3 is 10.1 Å². The molecule has 0 saturated carbocycles. The Balaban J connectivity index is 4.57. The molecule has 0 aliphatic carbocycles. The molecule has 0 aromatic rings. The molecule has 0 spiro atoms. The summed E-state index contributed by atoms with van der Waals surface area (Å²) in [5.74, 6) is 0. The lowest BCUT2D eigenvalue weighted by atomic mass is 10.1. The fourth-order valence-electron chi connectivity index (χ4n) is 1.28. The van der Waals surface area contributed by atoms with E-state index < -0.39 is 6.09 Å². The van der Waals surface area contributed by atoms with Crippen molar-refractivity contribution in [2.24, 2.45) is 0 Å². The molecular weight excluding hydrogens is 226 g/mol. The Labute approximate surface area is 111 Å². The van der Waals surface area contributed by atoms with Crippen molar-refractivity contribution in [3.8, 4) is 0 Å². The molecule has 1 atom stereocenters. The van der Waals surface area contributed by atoms with Crippen molar-refractivity contribution >= 4 is 6.09 Å². The van der Waals surface area contributed by atoms with Crippen molar-refractivity contribution in [2.45, 2.75) is 52.7 Å². The number of ether oxygens (including phenoxy) is 1. The summed E-state index contributed by atoms with van der Waals surface area (Å²) in [7, 11) is 0. The van der Waals surface area contributed by atoms with Crippen molar-refractivity contribution in [3.63, 3.8) is 0 Å². The van der Waals surface area contributed by atoms with E-state index in [4.69, 9.17) is 4.74 Å². The summed E-state index contributed by atoms with van der Waals surface area (Å²) in [5.41, 5.74) is 0.633. The third kappa shape index (κ3) is 7.71. The highest BCUT2D eigenvalue weighted by atomic mass is 16.6. The molecule has 0 rings (SSSR count). The van der Waals surface area contributed by atoms with Crippen LogP contribution in [-0.2, 0) is 4.74 Å². The van der Waals surface area contributed by atoms with Gasteiger partial charge in [0.2, 0.25) is 0 Å². The Morgan fingerprint density at radius 1 is 1.44 bits per heavy atom. The van der Waals surface area contributed by atoms with Gasteiger partial charge in [0, 0.05) is 5.54 Å². The van der Waals surface area contributed by atoms with Gasteiger partial charge in [0.25, 0.3) is 0 Å². The van der Waals surface area contributed by atoms with Gasteiger partial charge >= 0.3 is 6.09 Å². The summed E-state index contributed by atoms with van der Waals surface area (Å²) in [5, 5.41) is 2.76. The van der Waals surface area contributed by atoms with Crippen LogP contribution in [0.15, 0.2) is 36.5 Å². The Kier molecular flexibility index (Phi) is 7.10. The molecule has 0 bridgehead atoms. The smallest absolute Gasteiger partial charge is 0.408 e. The van der Waals surface area contributed by atoms with Crippen LogP contribution in [0.3, 0.4) is 0 Å². The minimum atomic E-state index is -0.408. The molecule has 18 heavy (non-hydrogen) atoms. The van der Waals surface area contributed by atoms with Crippen LogP contribution < -0.4 is 5.32 Å². The summed E-state index contributed by atoms with van der Waals surface area (Å²) in [6.07, 6.45) is 7.75. The molecule has 0 aliphatic heterocycles. The predicted molar refractivity (Wildman–Crippen MR) is 76.5 cm³/mol. The topological polar surface area (TPSA) is 38.3 Å². The number of hydrogen-bond donors (Lipinski definition) is 1. The van der Waals surface area contributed by atoms with E-state index in [2.05, 4.69) is 18.8 Å². The van der Waals surface area contributed by atoms with Gasteiger partial charge in [0.1, 0.15) is 6.10 Å². The molecule has 1 N–H and O–H groups in total. The average Bonchev–Trinajstić information content (AvgIpc) is 2.21. The molecule has 102 valence electrons. The van der Waals surface area contributed by atoms with Crippen molar-refractivity contribution in [2.75, 3.05) is 0 Å². The summed E-state index contributed by atoms with van der Waals surface area (Å²) in [6, 6.07) is 0. The Morgan fingerprint density at radius 2 is 2.06 bits per heavy atom. The highest BCUT2D eigenvalue weighted by molar-refractivity contribution is 5.68. The first-order chi connectivity index (χ1) is 8.30. The monoisotopic (exact) mass is 251 g/mol. The van der Waals surface area contributed by atoms with Crippen LogP contribution in [0, 0.1) is 0 Å². The van der Waals surface area contributed by atoms with Crippen LogP contribution in [0.2, 0.25) is 0 Å². The van der Waals surface area contributed by atoms with Gasteiger partial charge in [0.15, 0.2) is 0 Å². The normalized spacial score (nSPS) is 14.4.